The van der Waals surface area contributed by atoms with Crippen molar-refractivity contribution in [2.45, 2.75) is 18.6 Å². The van der Waals surface area contributed by atoms with Gasteiger partial charge in [-0.15, -0.1) is 0 Å². The van der Waals surface area contributed by atoms with Gasteiger partial charge in [0.05, 0.1) is 5.69 Å². The number of hydrogen-bond donors (Lipinski definition) is 1. The maximum Gasteiger partial charge on any atom is 0.238 e. The van der Waals surface area contributed by atoms with Gasteiger partial charge in [-0.1, -0.05) is 47.1 Å². The number of carbonyl (C=O) groups is 2. The fourth-order valence-corrected chi connectivity index (χ4v) is 3.88. The third-order valence-electron chi connectivity index (χ3n) is 4.03. The van der Waals surface area contributed by atoms with Crippen LogP contribution in [-0.4, -0.2) is 34.2 Å². The summed E-state index contributed by atoms with van der Waals surface area (Å²) in [5, 5.41) is 3.80. The van der Waals surface area contributed by atoms with E-state index in [4.69, 9.17) is 23.2 Å². The Hall–Kier alpha value is -2.02. The summed E-state index contributed by atoms with van der Waals surface area (Å²) in [7, 11) is 1.65. The van der Waals surface area contributed by atoms with E-state index in [1.807, 2.05) is 19.1 Å². The van der Waals surface area contributed by atoms with Crippen LogP contribution in [0.5, 0.6) is 0 Å². The molecular weight excluding hydrogens is 405 g/mol. The Morgan fingerprint density at radius 2 is 2.04 bits per heavy atom. The molecule has 2 amide bonds. The molecule has 0 spiro atoms. The number of amides is 2. The molecule has 140 valence electrons. The molecule has 1 heterocycles. The molecule has 3 rings (SSSR count). The molecular formula is C19H17Cl2N3O2S. The molecule has 1 unspecified atom stereocenters. The van der Waals surface area contributed by atoms with Crippen molar-refractivity contribution in [2.24, 2.45) is 4.99 Å². The zero-order valence-corrected chi connectivity index (χ0v) is 17.0. The van der Waals surface area contributed by atoms with Gasteiger partial charge in [0, 0.05) is 29.2 Å². The second-order valence-electron chi connectivity index (χ2n) is 6.09. The fraction of sp³-hybridized carbons (Fsp3) is 0.211. The molecule has 1 aliphatic rings. The van der Waals surface area contributed by atoms with Crippen molar-refractivity contribution in [1.29, 1.82) is 0 Å². The molecule has 1 atom stereocenters. The summed E-state index contributed by atoms with van der Waals surface area (Å²) in [6, 6.07) is 12.3. The third kappa shape index (κ3) is 4.83. The van der Waals surface area contributed by atoms with Crippen LogP contribution in [0.2, 0.25) is 10.0 Å². The second-order valence-corrected chi connectivity index (χ2v) is 8.10. The molecule has 1 N–H and O–H groups in total. The predicted molar refractivity (Wildman–Crippen MR) is 112 cm³/mol. The van der Waals surface area contributed by atoms with Gasteiger partial charge in [-0.2, -0.15) is 0 Å². The highest BCUT2D eigenvalue weighted by atomic mass is 35.5. The van der Waals surface area contributed by atoms with E-state index in [2.05, 4.69) is 10.3 Å². The first-order valence-corrected chi connectivity index (χ1v) is 9.81. The Kier molecular flexibility index (Phi) is 6.09. The van der Waals surface area contributed by atoms with Crippen LogP contribution in [0.4, 0.5) is 11.4 Å². The number of aliphatic imine (C=N–C) groups is 1. The van der Waals surface area contributed by atoms with Crippen LogP contribution in [0, 0.1) is 6.92 Å². The summed E-state index contributed by atoms with van der Waals surface area (Å²) in [6.45, 7) is 1.90. The van der Waals surface area contributed by atoms with Gasteiger partial charge >= 0.3 is 0 Å². The SMILES string of the molecule is Cc1ccc(N=C2SC(C(=O)Nc3cccc(Cl)c3)CC(=O)N2C)cc1Cl. The lowest BCUT2D eigenvalue weighted by atomic mass is 10.2. The van der Waals surface area contributed by atoms with Crippen molar-refractivity contribution in [3.63, 3.8) is 0 Å². The van der Waals surface area contributed by atoms with Crippen LogP contribution in [0.15, 0.2) is 47.5 Å². The maximum atomic E-state index is 12.6. The van der Waals surface area contributed by atoms with Crippen LogP contribution in [0.1, 0.15) is 12.0 Å². The number of halogens is 2. The maximum absolute atomic E-state index is 12.6. The van der Waals surface area contributed by atoms with Crippen molar-refractivity contribution in [3.8, 4) is 0 Å². The molecule has 0 aromatic heterocycles. The molecule has 2 aromatic carbocycles. The van der Waals surface area contributed by atoms with Gasteiger partial charge < -0.3 is 5.32 Å². The minimum absolute atomic E-state index is 0.0985. The Bertz CT molecular complexity index is 933. The van der Waals surface area contributed by atoms with E-state index < -0.39 is 5.25 Å². The Balaban J connectivity index is 1.80. The molecule has 5 nitrogen and oxygen atoms in total. The molecule has 1 saturated heterocycles. The third-order valence-corrected chi connectivity index (χ3v) is 5.92. The first-order chi connectivity index (χ1) is 12.8. The standard InChI is InChI=1S/C19H17Cl2N3O2S/c1-11-6-7-14(9-15(11)21)23-19-24(2)17(25)10-16(27-19)18(26)22-13-5-3-4-12(20)8-13/h3-9,16H,10H2,1-2H3,(H,22,26). The predicted octanol–water partition coefficient (Wildman–Crippen LogP) is 4.89. The molecule has 1 aliphatic heterocycles. The highest BCUT2D eigenvalue weighted by Gasteiger charge is 2.34. The second kappa shape index (κ2) is 8.33. The first kappa shape index (κ1) is 19.7. The van der Waals surface area contributed by atoms with Crippen LogP contribution in [0.25, 0.3) is 0 Å². The lowest BCUT2D eigenvalue weighted by Crippen LogP contribution is -2.43. The first-order valence-electron chi connectivity index (χ1n) is 8.18. The van der Waals surface area contributed by atoms with Crippen LogP contribution >= 0.6 is 35.0 Å². The van der Waals surface area contributed by atoms with Gasteiger partial charge in [0.25, 0.3) is 0 Å². The lowest BCUT2D eigenvalue weighted by molar-refractivity contribution is -0.128. The molecule has 0 radical (unpaired) electrons. The zero-order valence-electron chi connectivity index (χ0n) is 14.7. The molecule has 27 heavy (non-hydrogen) atoms. The van der Waals surface area contributed by atoms with Gasteiger partial charge in [-0.05, 0) is 42.8 Å². The van der Waals surface area contributed by atoms with E-state index in [1.54, 1.807) is 37.4 Å². The summed E-state index contributed by atoms with van der Waals surface area (Å²) in [5.41, 5.74) is 2.16. The van der Waals surface area contributed by atoms with Crippen molar-refractivity contribution >= 4 is 63.3 Å². The number of amidine groups is 1. The van der Waals surface area contributed by atoms with Crippen molar-refractivity contribution < 1.29 is 9.59 Å². The number of benzene rings is 2. The highest BCUT2D eigenvalue weighted by Crippen LogP contribution is 2.30. The highest BCUT2D eigenvalue weighted by molar-refractivity contribution is 8.15. The minimum Gasteiger partial charge on any atom is -0.325 e. The fourth-order valence-electron chi connectivity index (χ4n) is 2.45. The van der Waals surface area contributed by atoms with E-state index in [9.17, 15) is 9.59 Å². The molecule has 8 heteroatoms. The van der Waals surface area contributed by atoms with Gasteiger partial charge in [-0.3, -0.25) is 14.5 Å². The molecule has 2 aromatic rings. The van der Waals surface area contributed by atoms with E-state index in [0.717, 1.165) is 5.56 Å². The Labute approximate surface area is 171 Å². The van der Waals surface area contributed by atoms with E-state index in [-0.39, 0.29) is 18.2 Å². The summed E-state index contributed by atoms with van der Waals surface area (Å²) < 4.78 is 0. The average Bonchev–Trinajstić information content (AvgIpc) is 2.62. The Morgan fingerprint density at radius 3 is 2.74 bits per heavy atom. The number of nitrogens with one attached hydrogen (secondary N) is 1. The smallest absolute Gasteiger partial charge is 0.238 e. The largest absolute Gasteiger partial charge is 0.325 e. The number of thioether (sulfide) groups is 1. The van der Waals surface area contributed by atoms with Crippen molar-refractivity contribution in [3.05, 3.63) is 58.1 Å². The minimum atomic E-state index is -0.577. The van der Waals surface area contributed by atoms with Crippen molar-refractivity contribution in [2.75, 3.05) is 12.4 Å². The van der Waals surface area contributed by atoms with Crippen LogP contribution in [0.3, 0.4) is 0 Å². The normalized spacial score (nSPS) is 18.7. The molecule has 0 bridgehead atoms. The summed E-state index contributed by atoms with van der Waals surface area (Å²) in [5.74, 6) is -0.435. The molecule has 0 aliphatic carbocycles. The number of rotatable bonds is 3. The van der Waals surface area contributed by atoms with E-state index >= 15 is 0 Å². The average molecular weight is 422 g/mol. The van der Waals surface area contributed by atoms with Gasteiger partial charge in [0.1, 0.15) is 5.25 Å². The number of anilines is 1. The number of nitrogens with zero attached hydrogens (tertiary/aromatic N) is 2. The van der Waals surface area contributed by atoms with Crippen LogP contribution in [-0.2, 0) is 9.59 Å². The van der Waals surface area contributed by atoms with Crippen molar-refractivity contribution in [1.82, 2.24) is 4.90 Å². The summed E-state index contributed by atoms with van der Waals surface area (Å²) in [4.78, 5) is 30.9. The quantitative estimate of drug-likeness (QED) is 0.766. The molecule has 0 saturated carbocycles. The number of carbonyl (C=O) groups excluding carboxylic acids is 2. The number of aryl methyl sites for hydroxylation is 1. The van der Waals surface area contributed by atoms with Gasteiger partial charge in [-0.25, -0.2) is 4.99 Å². The van der Waals surface area contributed by atoms with E-state index in [0.29, 0.717) is 26.6 Å². The summed E-state index contributed by atoms with van der Waals surface area (Å²) in [6.07, 6.45) is 0.0985. The molecule has 1 fully saturated rings. The number of hydrogen-bond acceptors (Lipinski definition) is 4. The Morgan fingerprint density at radius 1 is 1.26 bits per heavy atom. The monoisotopic (exact) mass is 421 g/mol. The zero-order chi connectivity index (χ0) is 19.6. The topological polar surface area (TPSA) is 61.8 Å². The van der Waals surface area contributed by atoms with Crippen LogP contribution < -0.4 is 5.32 Å². The van der Waals surface area contributed by atoms with Gasteiger partial charge in [0.15, 0.2) is 5.17 Å². The lowest BCUT2D eigenvalue weighted by Gasteiger charge is -2.28. The van der Waals surface area contributed by atoms with E-state index in [1.165, 1.54) is 16.7 Å². The van der Waals surface area contributed by atoms with Gasteiger partial charge in [0.2, 0.25) is 11.8 Å². The summed E-state index contributed by atoms with van der Waals surface area (Å²) >= 11 is 13.3.